The Morgan fingerprint density at radius 3 is 3.06 bits per heavy atom. The molecule has 2 rings (SSSR count). The Hall–Kier alpha value is -0.800. The first-order chi connectivity index (χ1) is 8.70. The summed E-state index contributed by atoms with van der Waals surface area (Å²) in [5, 5.41) is 3.32. The predicted molar refractivity (Wildman–Crippen MR) is 74.4 cm³/mol. The molecule has 0 saturated carbocycles. The fourth-order valence-corrected chi connectivity index (χ4v) is 2.72. The van der Waals surface area contributed by atoms with Crippen LogP contribution < -0.4 is 5.32 Å². The summed E-state index contributed by atoms with van der Waals surface area (Å²) in [7, 11) is 0. The van der Waals surface area contributed by atoms with Crippen LogP contribution in [0.2, 0.25) is 0 Å². The van der Waals surface area contributed by atoms with Crippen molar-refractivity contribution in [1.29, 1.82) is 0 Å². The van der Waals surface area contributed by atoms with Gasteiger partial charge in [-0.05, 0) is 44.8 Å². The molecule has 1 fully saturated rings. The predicted octanol–water partition coefficient (Wildman–Crippen LogP) is 3.01. The second-order valence-corrected chi connectivity index (χ2v) is 5.53. The summed E-state index contributed by atoms with van der Waals surface area (Å²) in [4.78, 5) is 2.55. The largest absolute Gasteiger partial charge is 0.468 e. The minimum absolute atomic E-state index is 0.668. The quantitative estimate of drug-likeness (QED) is 0.871. The Morgan fingerprint density at radius 1 is 1.44 bits per heavy atom. The van der Waals surface area contributed by atoms with Gasteiger partial charge >= 0.3 is 0 Å². The lowest BCUT2D eigenvalue weighted by atomic mass is 9.92. The topological polar surface area (TPSA) is 28.4 Å². The molecule has 18 heavy (non-hydrogen) atoms. The fourth-order valence-electron chi connectivity index (χ4n) is 2.72. The van der Waals surface area contributed by atoms with Gasteiger partial charge in [0.25, 0.3) is 0 Å². The molecule has 1 aliphatic heterocycles. The van der Waals surface area contributed by atoms with E-state index in [-0.39, 0.29) is 0 Å². The molecule has 2 heterocycles. The molecule has 3 nitrogen and oxygen atoms in total. The first kappa shape index (κ1) is 13.6. The zero-order valence-corrected chi connectivity index (χ0v) is 11.9. The van der Waals surface area contributed by atoms with E-state index in [0.29, 0.717) is 6.04 Å². The third kappa shape index (κ3) is 3.36. The summed E-state index contributed by atoms with van der Waals surface area (Å²) in [6, 6.07) is 2.86. The Bertz CT molecular complexity index is 361. The normalized spacial score (nSPS) is 25.5. The van der Waals surface area contributed by atoms with Gasteiger partial charge in [0.05, 0.1) is 12.8 Å². The van der Waals surface area contributed by atoms with E-state index in [2.05, 4.69) is 37.1 Å². The van der Waals surface area contributed by atoms with Crippen molar-refractivity contribution in [2.24, 2.45) is 5.92 Å². The second kappa shape index (κ2) is 6.39. The summed E-state index contributed by atoms with van der Waals surface area (Å²) in [6.45, 7) is 10.9. The Kier molecular flexibility index (Phi) is 4.84. The lowest BCUT2D eigenvalue weighted by molar-refractivity contribution is 0.0987. The molecule has 1 aliphatic rings. The number of furan rings is 1. The van der Waals surface area contributed by atoms with Crippen molar-refractivity contribution in [3.8, 4) is 0 Å². The zero-order chi connectivity index (χ0) is 13.0. The highest BCUT2D eigenvalue weighted by Crippen LogP contribution is 2.24. The van der Waals surface area contributed by atoms with Crippen molar-refractivity contribution in [2.75, 3.05) is 13.1 Å². The number of hydrogen-bond donors (Lipinski definition) is 1. The van der Waals surface area contributed by atoms with E-state index in [1.165, 1.54) is 24.9 Å². The monoisotopic (exact) mass is 250 g/mol. The Labute approximate surface area is 111 Å². The summed E-state index contributed by atoms with van der Waals surface area (Å²) >= 11 is 0. The van der Waals surface area contributed by atoms with Crippen LogP contribution in [0.15, 0.2) is 16.7 Å². The molecule has 0 aromatic carbocycles. The molecule has 0 bridgehead atoms. The van der Waals surface area contributed by atoms with Gasteiger partial charge in [-0.1, -0.05) is 13.8 Å². The van der Waals surface area contributed by atoms with E-state index in [1.54, 1.807) is 0 Å². The Morgan fingerprint density at radius 2 is 2.28 bits per heavy atom. The van der Waals surface area contributed by atoms with Crippen molar-refractivity contribution >= 4 is 0 Å². The maximum absolute atomic E-state index is 5.67. The van der Waals surface area contributed by atoms with Crippen LogP contribution in [0.5, 0.6) is 0 Å². The number of rotatable bonds is 5. The highest BCUT2D eigenvalue weighted by molar-refractivity contribution is 5.12. The second-order valence-electron chi connectivity index (χ2n) is 5.53. The third-order valence-corrected chi connectivity index (χ3v) is 4.15. The zero-order valence-electron chi connectivity index (χ0n) is 11.9. The van der Waals surface area contributed by atoms with Gasteiger partial charge in [0.2, 0.25) is 0 Å². The number of nitrogens with one attached hydrogen (secondary N) is 1. The first-order valence-corrected chi connectivity index (χ1v) is 7.21. The first-order valence-electron chi connectivity index (χ1n) is 7.21. The summed E-state index contributed by atoms with van der Waals surface area (Å²) in [5.74, 6) is 1.90. The van der Waals surface area contributed by atoms with Gasteiger partial charge in [-0.15, -0.1) is 0 Å². The molecule has 0 radical (unpaired) electrons. The Balaban J connectivity index is 1.90. The van der Waals surface area contributed by atoms with Gasteiger partial charge in [-0.2, -0.15) is 0 Å². The number of likely N-dealkylation sites (tertiary alicyclic amines) is 1. The molecule has 102 valence electrons. The van der Waals surface area contributed by atoms with E-state index in [1.807, 2.05) is 6.26 Å². The minimum atomic E-state index is 0.668. The average molecular weight is 250 g/mol. The molecular formula is C15H26N2O. The van der Waals surface area contributed by atoms with Gasteiger partial charge in [0.1, 0.15) is 5.76 Å². The van der Waals surface area contributed by atoms with Crippen molar-refractivity contribution in [3.05, 3.63) is 23.7 Å². The van der Waals surface area contributed by atoms with E-state index < -0.39 is 0 Å². The molecule has 0 spiro atoms. The van der Waals surface area contributed by atoms with Crippen molar-refractivity contribution in [3.63, 3.8) is 0 Å². The van der Waals surface area contributed by atoms with Gasteiger partial charge in [0.15, 0.2) is 0 Å². The van der Waals surface area contributed by atoms with Crippen molar-refractivity contribution < 1.29 is 4.42 Å². The van der Waals surface area contributed by atoms with E-state index in [0.717, 1.165) is 31.3 Å². The highest BCUT2D eigenvalue weighted by atomic mass is 16.3. The SMILES string of the molecule is CCNCc1coc(CN2CCCC(C)C2C)c1. The number of hydrogen-bond acceptors (Lipinski definition) is 3. The summed E-state index contributed by atoms with van der Waals surface area (Å²) in [5.41, 5.74) is 1.25. The molecule has 1 aromatic rings. The van der Waals surface area contributed by atoms with E-state index in [9.17, 15) is 0 Å². The van der Waals surface area contributed by atoms with Crippen molar-refractivity contribution in [2.45, 2.75) is 52.7 Å². The molecular weight excluding hydrogens is 224 g/mol. The minimum Gasteiger partial charge on any atom is -0.468 e. The summed E-state index contributed by atoms with van der Waals surface area (Å²) < 4.78 is 5.67. The van der Waals surface area contributed by atoms with Crippen LogP contribution in [0.3, 0.4) is 0 Å². The van der Waals surface area contributed by atoms with Crippen LogP contribution in [0, 0.1) is 5.92 Å². The lowest BCUT2D eigenvalue weighted by Crippen LogP contribution is -2.41. The lowest BCUT2D eigenvalue weighted by Gasteiger charge is -2.37. The molecule has 0 aliphatic carbocycles. The third-order valence-electron chi connectivity index (χ3n) is 4.15. The van der Waals surface area contributed by atoms with Crippen molar-refractivity contribution in [1.82, 2.24) is 10.2 Å². The number of nitrogens with zero attached hydrogens (tertiary/aromatic N) is 1. The standard InChI is InChI=1S/C15H26N2O/c1-4-16-9-14-8-15(18-11-14)10-17-7-5-6-12(2)13(17)3/h8,11-13,16H,4-7,9-10H2,1-3H3. The van der Waals surface area contributed by atoms with Gasteiger partial charge in [0, 0.05) is 18.2 Å². The molecule has 1 aromatic heterocycles. The van der Waals surface area contributed by atoms with Crippen LogP contribution in [0.1, 0.15) is 44.9 Å². The smallest absolute Gasteiger partial charge is 0.118 e. The number of piperidine rings is 1. The maximum Gasteiger partial charge on any atom is 0.118 e. The molecule has 1 saturated heterocycles. The molecule has 2 unspecified atom stereocenters. The summed E-state index contributed by atoms with van der Waals surface area (Å²) in [6.07, 6.45) is 4.56. The van der Waals surface area contributed by atoms with Gasteiger partial charge in [-0.25, -0.2) is 0 Å². The van der Waals surface area contributed by atoms with Crippen LogP contribution in [0.25, 0.3) is 0 Å². The van der Waals surface area contributed by atoms with E-state index >= 15 is 0 Å². The van der Waals surface area contributed by atoms with Crippen LogP contribution >= 0.6 is 0 Å². The molecule has 3 heteroatoms. The van der Waals surface area contributed by atoms with Gasteiger partial charge in [-0.3, -0.25) is 4.90 Å². The van der Waals surface area contributed by atoms with Crippen LogP contribution in [0.4, 0.5) is 0 Å². The van der Waals surface area contributed by atoms with E-state index in [4.69, 9.17) is 4.42 Å². The molecule has 2 atom stereocenters. The highest BCUT2D eigenvalue weighted by Gasteiger charge is 2.25. The molecule has 1 N–H and O–H groups in total. The fraction of sp³-hybridized carbons (Fsp3) is 0.733. The molecule has 0 amide bonds. The average Bonchev–Trinajstić information content (AvgIpc) is 2.80. The van der Waals surface area contributed by atoms with Crippen LogP contribution in [-0.4, -0.2) is 24.0 Å². The van der Waals surface area contributed by atoms with Gasteiger partial charge < -0.3 is 9.73 Å². The maximum atomic E-state index is 5.67. The van der Waals surface area contributed by atoms with Crippen LogP contribution in [-0.2, 0) is 13.1 Å².